The van der Waals surface area contributed by atoms with E-state index in [4.69, 9.17) is 17.0 Å². The predicted molar refractivity (Wildman–Crippen MR) is 141 cm³/mol. The molecule has 0 spiro atoms. The summed E-state index contributed by atoms with van der Waals surface area (Å²) in [7, 11) is 0. The van der Waals surface area contributed by atoms with Crippen LogP contribution in [0.15, 0.2) is 53.4 Å². The van der Waals surface area contributed by atoms with Crippen LogP contribution in [0.3, 0.4) is 0 Å². The van der Waals surface area contributed by atoms with Gasteiger partial charge in [-0.15, -0.1) is 0 Å². The second-order valence-electron chi connectivity index (χ2n) is 7.85. The third-order valence-corrected chi connectivity index (χ3v) is 6.69. The molecule has 0 saturated carbocycles. The smallest absolute Gasteiger partial charge is 0.338 e. The number of nitrogens with one attached hydrogen (secondary N) is 1. The van der Waals surface area contributed by atoms with E-state index in [1.165, 1.54) is 11.8 Å². The average Bonchev–Trinajstić information content (AvgIpc) is 3.08. The number of thioether (sulfide) groups is 1. The fourth-order valence-corrected chi connectivity index (χ4v) is 4.74. The molecule has 1 N–H and O–H groups in total. The molecular formula is C26H28N2O4S2. The molecule has 3 rings (SSSR count). The number of anilines is 1. The van der Waals surface area contributed by atoms with E-state index in [-0.39, 0.29) is 17.8 Å². The minimum Gasteiger partial charge on any atom is -0.462 e. The van der Waals surface area contributed by atoms with Crippen molar-refractivity contribution in [1.29, 1.82) is 0 Å². The fraction of sp³-hybridized carbons (Fsp3) is 0.308. The molecule has 2 aromatic carbocycles. The summed E-state index contributed by atoms with van der Waals surface area (Å²) < 4.78 is 5.53. The highest BCUT2D eigenvalue weighted by Gasteiger charge is 2.31. The van der Waals surface area contributed by atoms with Gasteiger partial charge < -0.3 is 10.1 Å². The summed E-state index contributed by atoms with van der Waals surface area (Å²) in [6.07, 6.45) is 4.57. The molecule has 0 bridgehead atoms. The molecule has 0 radical (unpaired) electrons. The van der Waals surface area contributed by atoms with Crippen LogP contribution in [0.5, 0.6) is 0 Å². The van der Waals surface area contributed by atoms with Gasteiger partial charge in [0.05, 0.1) is 17.1 Å². The molecule has 1 fully saturated rings. The zero-order valence-corrected chi connectivity index (χ0v) is 21.0. The van der Waals surface area contributed by atoms with Crippen LogP contribution in [-0.4, -0.2) is 40.2 Å². The summed E-state index contributed by atoms with van der Waals surface area (Å²) in [5.41, 5.74) is 3.21. The minimum absolute atomic E-state index is 0.0535. The van der Waals surface area contributed by atoms with Gasteiger partial charge in [-0.1, -0.05) is 54.7 Å². The van der Waals surface area contributed by atoms with Crippen LogP contribution in [-0.2, 0) is 14.3 Å². The molecule has 0 aromatic heterocycles. The zero-order valence-electron chi connectivity index (χ0n) is 19.3. The number of esters is 1. The van der Waals surface area contributed by atoms with E-state index in [9.17, 15) is 14.4 Å². The van der Waals surface area contributed by atoms with E-state index in [1.54, 1.807) is 36.1 Å². The Kier molecular flexibility index (Phi) is 9.42. The SMILES string of the molecule is CCOC(=O)c1ccc(NC(=O)CCCCCN2C(=O)/C(=C/c3ccccc3C)SC2=S)cc1. The highest BCUT2D eigenvalue weighted by atomic mass is 32.2. The molecule has 1 heterocycles. The van der Waals surface area contributed by atoms with Gasteiger partial charge in [0, 0.05) is 18.7 Å². The first kappa shape index (κ1) is 25.6. The number of benzene rings is 2. The quantitative estimate of drug-likeness (QED) is 0.201. The standard InChI is InChI=1S/C26H28N2O4S2/c1-3-32-25(31)19-12-14-21(15-13-19)27-23(29)11-5-4-8-16-28-24(30)22(34-26(28)33)17-20-10-7-6-9-18(20)2/h6-7,9-10,12-15,17H,3-5,8,11,16H2,1-2H3,(H,27,29)/b22-17-. The first-order valence-corrected chi connectivity index (χ1v) is 12.5. The summed E-state index contributed by atoms with van der Waals surface area (Å²) in [6, 6.07) is 14.6. The van der Waals surface area contributed by atoms with Crippen LogP contribution in [0.1, 0.15) is 54.1 Å². The van der Waals surface area contributed by atoms with Crippen LogP contribution < -0.4 is 5.32 Å². The van der Waals surface area contributed by atoms with E-state index in [1.807, 2.05) is 37.3 Å². The number of carbonyl (C=O) groups is 3. The van der Waals surface area contributed by atoms with E-state index in [0.717, 1.165) is 24.0 Å². The Morgan fingerprint density at radius 2 is 1.82 bits per heavy atom. The van der Waals surface area contributed by atoms with Gasteiger partial charge in [-0.2, -0.15) is 0 Å². The van der Waals surface area contributed by atoms with Crippen molar-refractivity contribution >= 4 is 57.8 Å². The number of nitrogens with zero attached hydrogens (tertiary/aromatic N) is 1. The van der Waals surface area contributed by atoms with Crippen LogP contribution in [0.4, 0.5) is 5.69 Å². The predicted octanol–water partition coefficient (Wildman–Crippen LogP) is 5.57. The van der Waals surface area contributed by atoms with Crippen molar-refractivity contribution in [2.24, 2.45) is 0 Å². The van der Waals surface area contributed by atoms with Crippen LogP contribution in [0.25, 0.3) is 6.08 Å². The van der Waals surface area contributed by atoms with Crippen molar-refractivity contribution in [3.8, 4) is 0 Å². The number of aryl methyl sites for hydroxylation is 1. The highest BCUT2D eigenvalue weighted by molar-refractivity contribution is 8.26. The number of hydrogen-bond acceptors (Lipinski definition) is 6. The zero-order chi connectivity index (χ0) is 24.5. The number of amides is 2. The normalized spacial score (nSPS) is 14.5. The van der Waals surface area contributed by atoms with Crippen molar-refractivity contribution < 1.29 is 19.1 Å². The van der Waals surface area contributed by atoms with E-state index >= 15 is 0 Å². The molecule has 34 heavy (non-hydrogen) atoms. The Morgan fingerprint density at radius 3 is 2.53 bits per heavy atom. The Hall–Kier alpha value is -2.97. The molecule has 2 aromatic rings. The maximum absolute atomic E-state index is 12.8. The summed E-state index contributed by atoms with van der Waals surface area (Å²) in [5.74, 6) is -0.523. The third kappa shape index (κ3) is 7.01. The van der Waals surface area contributed by atoms with E-state index in [0.29, 0.717) is 46.5 Å². The lowest BCUT2D eigenvalue weighted by atomic mass is 10.1. The van der Waals surface area contributed by atoms with Gasteiger partial charge in [0.1, 0.15) is 4.32 Å². The monoisotopic (exact) mass is 496 g/mol. The van der Waals surface area contributed by atoms with Crippen molar-refractivity contribution in [1.82, 2.24) is 4.90 Å². The molecule has 6 nitrogen and oxygen atoms in total. The first-order valence-electron chi connectivity index (χ1n) is 11.3. The largest absolute Gasteiger partial charge is 0.462 e. The van der Waals surface area contributed by atoms with Gasteiger partial charge in [-0.3, -0.25) is 14.5 Å². The molecule has 0 atom stereocenters. The van der Waals surface area contributed by atoms with Crippen molar-refractivity contribution in [3.63, 3.8) is 0 Å². The van der Waals surface area contributed by atoms with Gasteiger partial charge in [0.15, 0.2) is 0 Å². The molecule has 1 aliphatic heterocycles. The maximum Gasteiger partial charge on any atom is 0.338 e. The lowest BCUT2D eigenvalue weighted by Crippen LogP contribution is -2.29. The maximum atomic E-state index is 12.8. The molecule has 2 amide bonds. The molecule has 1 aliphatic rings. The van der Waals surface area contributed by atoms with Crippen LogP contribution in [0.2, 0.25) is 0 Å². The molecule has 178 valence electrons. The number of hydrogen-bond donors (Lipinski definition) is 1. The second kappa shape index (κ2) is 12.5. The molecular weight excluding hydrogens is 468 g/mol. The number of ether oxygens (including phenoxy) is 1. The molecule has 1 saturated heterocycles. The summed E-state index contributed by atoms with van der Waals surface area (Å²) in [4.78, 5) is 38.9. The van der Waals surface area contributed by atoms with E-state index in [2.05, 4.69) is 5.32 Å². The molecule has 0 aliphatic carbocycles. The number of thiocarbonyl (C=S) groups is 1. The third-order valence-electron chi connectivity index (χ3n) is 5.31. The number of unbranched alkanes of at least 4 members (excludes halogenated alkanes) is 2. The lowest BCUT2D eigenvalue weighted by molar-refractivity contribution is -0.122. The number of carbonyl (C=O) groups excluding carboxylic acids is 3. The van der Waals surface area contributed by atoms with Crippen molar-refractivity contribution in [3.05, 3.63) is 70.1 Å². The highest BCUT2D eigenvalue weighted by Crippen LogP contribution is 2.33. The topological polar surface area (TPSA) is 75.7 Å². The van der Waals surface area contributed by atoms with Gasteiger partial charge >= 0.3 is 5.97 Å². The summed E-state index contributed by atoms with van der Waals surface area (Å²) in [6.45, 7) is 4.64. The first-order chi connectivity index (χ1) is 16.4. The Morgan fingerprint density at radius 1 is 1.09 bits per heavy atom. The minimum atomic E-state index is -0.382. The Bertz CT molecular complexity index is 1100. The summed E-state index contributed by atoms with van der Waals surface area (Å²) in [5, 5.41) is 2.83. The second-order valence-corrected chi connectivity index (χ2v) is 9.52. The number of rotatable bonds is 10. The molecule has 8 heteroatoms. The summed E-state index contributed by atoms with van der Waals surface area (Å²) >= 11 is 6.75. The van der Waals surface area contributed by atoms with Crippen LogP contribution in [0, 0.1) is 6.92 Å². The van der Waals surface area contributed by atoms with Crippen molar-refractivity contribution in [2.45, 2.75) is 39.5 Å². The Labute approximate surface area is 209 Å². The molecule has 0 unspecified atom stereocenters. The van der Waals surface area contributed by atoms with Crippen LogP contribution >= 0.6 is 24.0 Å². The average molecular weight is 497 g/mol. The van der Waals surface area contributed by atoms with Crippen molar-refractivity contribution in [2.75, 3.05) is 18.5 Å². The van der Waals surface area contributed by atoms with Gasteiger partial charge in [0.25, 0.3) is 5.91 Å². The van der Waals surface area contributed by atoms with Gasteiger partial charge in [0.2, 0.25) is 5.91 Å². The Balaban J connectivity index is 1.39. The van der Waals surface area contributed by atoms with E-state index < -0.39 is 0 Å². The van der Waals surface area contributed by atoms with Gasteiger partial charge in [-0.05, 0) is 68.2 Å². The lowest BCUT2D eigenvalue weighted by Gasteiger charge is -2.14. The van der Waals surface area contributed by atoms with Gasteiger partial charge in [-0.25, -0.2) is 4.79 Å². The fourth-order valence-electron chi connectivity index (χ4n) is 3.44.